The number of piperidine rings is 3. The molecule has 2 bridgehead atoms. The Labute approximate surface area is 155 Å². The number of hydrogen-bond acceptors (Lipinski definition) is 6. The van der Waals surface area contributed by atoms with Crippen LogP contribution in [0.1, 0.15) is 29.6 Å². The molecule has 26 heavy (non-hydrogen) atoms. The number of rotatable bonds is 4. The first kappa shape index (κ1) is 17.1. The van der Waals surface area contributed by atoms with Crippen molar-refractivity contribution in [3.8, 4) is 10.4 Å². The van der Waals surface area contributed by atoms with Gasteiger partial charge in [-0.1, -0.05) is 0 Å². The summed E-state index contributed by atoms with van der Waals surface area (Å²) in [6.07, 6.45) is 3.93. The number of nitrogens with zero attached hydrogens (tertiary/aromatic N) is 3. The summed E-state index contributed by atoms with van der Waals surface area (Å²) in [6, 6.07) is 6.83. The minimum Gasteiger partial charge on any atom is -0.345 e. The van der Waals surface area contributed by atoms with E-state index >= 15 is 0 Å². The number of benzene rings is 1. The lowest BCUT2D eigenvalue weighted by atomic mass is 9.79. The van der Waals surface area contributed by atoms with Gasteiger partial charge < -0.3 is 5.32 Å². The number of nitro benzene ring substituents is 1. The maximum atomic E-state index is 12.7. The summed E-state index contributed by atoms with van der Waals surface area (Å²) in [5.74, 6) is 0.418. The topological polar surface area (TPSA) is 88.4 Å². The number of nitro groups is 1. The van der Waals surface area contributed by atoms with Gasteiger partial charge in [0.15, 0.2) is 5.01 Å². The van der Waals surface area contributed by atoms with Gasteiger partial charge in [-0.3, -0.25) is 19.8 Å². The predicted octanol–water partition coefficient (Wildman–Crippen LogP) is 2.93. The molecule has 2 aromatic rings. The number of carbonyl (C=O) groups is 1. The number of thiazole rings is 1. The van der Waals surface area contributed by atoms with Crippen molar-refractivity contribution in [2.24, 2.45) is 5.92 Å². The van der Waals surface area contributed by atoms with Crippen molar-refractivity contribution in [1.82, 2.24) is 15.2 Å². The summed E-state index contributed by atoms with van der Waals surface area (Å²) < 4.78 is 0. The Hall–Kier alpha value is -2.32. The highest BCUT2D eigenvalue weighted by Crippen LogP contribution is 2.33. The maximum Gasteiger partial charge on any atom is 0.280 e. The van der Waals surface area contributed by atoms with Crippen LogP contribution in [0.3, 0.4) is 0 Å². The summed E-state index contributed by atoms with van der Waals surface area (Å²) in [7, 11) is 0. The van der Waals surface area contributed by atoms with Crippen LogP contribution in [0.15, 0.2) is 30.5 Å². The molecule has 0 spiro atoms. The highest BCUT2D eigenvalue weighted by atomic mass is 32.1. The van der Waals surface area contributed by atoms with Gasteiger partial charge in [0.1, 0.15) is 0 Å². The fraction of sp³-hybridized carbons (Fsp3) is 0.444. The van der Waals surface area contributed by atoms with E-state index < -0.39 is 4.92 Å². The van der Waals surface area contributed by atoms with Crippen LogP contribution < -0.4 is 5.32 Å². The van der Waals surface area contributed by atoms with E-state index in [2.05, 4.69) is 22.1 Å². The van der Waals surface area contributed by atoms with Gasteiger partial charge in [0, 0.05) is 30.4 Å². The van der Waals surface area contributed by atoms with Crippen molar-refractivity contribution in [1.29, 1.82) is 0 Å². The quantitative estimate of drug-likeness (QED) is 0.658. The zero-order valence-corrected chi connectivity index (χ0v) is 15.2. The highest BCUT2D eigenvalue weighted by Gasteiger charge is 2.40. The van der Waals surface area contributed by atoms with Crippen LogP contribution >= 0.6 is 11.3 Å². The van der Waals surface area contributed by atoms with Gasteiger partial charge in [-0.15, -0.1) is 11.3 Å². The molecule has 0 aliphatic carbocycles. The van der Waals surface area contributed by atoms with E-state index in [0.29, 0.717) is 17.0 Å². The molecule has 4 heterocycles. The number of fused-ring (bicyclic) bond motifs is 3. The van der Waals surface area contributed by atoms with Crippen LogP contribution in [-0.2, 0) is 0 Å². The first-order chi connectivity index (χ1) is 12.5. The number of aromatic nitrogens is 1. The number of non-ortho nitro benzene ring substituents is 1. The summed E-state index contributed by atoms with van der Waals surface area (Å²) in [4.78, 5) is 30.5. The third-order valence-corrected chi connectivity index (χ3v) is 6.58. The number of nitrogens with one attached hydrogen (secondary N) is 1. The Morgan fingerprint density at radius 2 is 2.00 bits per heavy atom. The van der Waals surface area contributed by atoms with Crippen LogP contribution in [0.4, 0.5) is 5.69 Å². The summed E-state index contributed by atoms with van der Waals surface area (Å²) in [5, 5.41) is 14.4. The summed E-state index contributed by atoms with van der Waals surface area (Å²) in [5.41, 5.74) is 0.871. The highest BCUT2D eigenvalue weighted by molar-refractivity contribution is 7.16. The largest absolute Gasteiger partial charge is 0.345 e. The smallest absolute Gasteiger partial charge is 0.280 e. The molecule has 8 heteroatoms. The van der Waals surface area contributed by atoms with Gasteiger partial charge >= 0.3 is 0 Å². The van der Waals surface area contributed by atoms with E-state index in [1.54, 1.807) is 18.3 Å². The van der Waals surface area contributed by atoms with Crippen molar-refractivity contribution in [3.05, 3.63) is 45.6 Å². The van der Waals surface area contributed by atoms with Crippen molar-refractivity contribution >= 4 is 22.9 Å². The average molecular weight is 372 g/mol. The van der Waals surface area contributed by atoms with Crippen LogP contribution in [0.5, 0.6) is 0 Å². The molecule has 136 valence electrons. The monoisotopic (exact) mass is 372 g/mol. The van der Waals surface area contributed by atoms with Gasteiger partial charge in [-0.2, -0.15) is 0 Å². The fourth-order valence-electron chi connectivity index (χ4n) is 4.02. The zero-order chi connectivity index (χ0) is 18.3. The van der Waals surface area contributed by atoms with Crippen molar-refractivity contribution in [2.75, 3.05) is 13.1 Å². The van der Waals surface area contributed by atoms with Gasteiger partial charge in [0.2, 0.25) is 0 Å². The van der Waals surface area contributed by atoms with Crippen LogP contribution in [-0.4, -0.2) is 45.9 Å². The van der Waals surface area contributed by atoms with Crippen molar-refractivity contribution in [3.63, 3.8) is 0 Å². The molecular weight excluding hydrogens is 352 g/mol. The molecule has 1 N–H and O–H groups in total. The third kappa shape index (κ3) is 3.10. The maximum absolute atomic E-state index is 12.7. The molecule has 2 unspecified atom stereocenters. The van der Waals surface area contributed by atoms with E-state index in [1.807, 2.05) is 0 Å². The van der Waals surface area contributed by atoms with E-state index in [4.69, 9.17) is 0 Å². The summed E-state index contributed by atoms with van der Waals surface area (Å²) in [6.45, 7) is 4.43. The minimum atomic E-state index is -0.426. The lowest BCUT2D eigenvalue weighted by Gasteiger charge is -2.49. The zero-order valence-electron chi connectivity index (χ0n) is 14.4. The van der Waals surface area contributed by atoms with Crippen molar-refractivity contribution < 1.29 is 9.72 Å². The molecule has 0 radical (unpaired) electrons. The lowest BCUT2D eigenvalue weighted by molar-refractivity contribution is -0.384. The number of hydrogen-bond donors (Lipinski definition) is 1. The Bertz CT molecular complexity index is 825. The molecular formula is C18H20N4O3S. The Morgan fingerprint density at radius 1 is 1.31 bits per heavy atom. The van der Waals surface area contributed by atoms with Gasteiger partial charge in [0.25, 0.3) is 11.6 Å². The second kappa shape index (κ2) is 6.77. The molecule has 5 rings (SSSR count). The van der Waals surface area contributed by atoms with Gasteiger partial charge in [0.05, 0.1) is 9.80 Å². The lowest BCUT2D eigenvalue weighted by Crippen LogP contribution is -2.62. The second-order valence-corrected chi connectivity index (χ2v) is 7.98. The molecule has 1 amide bonds. The summed E-state index contributed by atoms with van der Waals surface area (Å²) >= 11 is 1.31. The first-order valence-corrected chi connectivity index (χ1v) is 9.60. The molecule has 3 aliphatic rings. The Kier molecular flexibility index (Phi) is 4.46. The SMILES string of the molecule is CC1C(NC(=O)c2ncc(-c3ccc([N+](=O)[O-])cc3)s2)C2CCN1CC2. The van der Waals surface area contributed by atoms with Crippen LogP contribution in [0.2, 0.25) is 0 Å². The van der Waals surface area contributed by atoms with E-state index in [-0.39, 0.29) is 17.6 Å². The molecule has 1 aromatic heterocycles. The first-order valence-electron chi connectivity index (χ1n) is 8.78. The molecule has 3 fully saturated rings. The molecule has 3 aliphatic heterocycles. The average Bonchev–Trinajstić information content (AvgIpc) is 3.15. The molecule has 0 saturated carbocycles. The number of carbonyl (C=O) groups excluding carboxylic acids is 1. The van der Waals surface area contributed by atoms with Crippen molar-refractivity contribution in [2.45, 2.75) is 31.8 Å². The molecule has 3 saturated heterocycles. The van der Waals surface area contributed by atoms with Crippen LogP contribution in [0.25, 0.3) is 10.4 Å². The Morgan fingerprint density at radius 3 is 2.62 bits per heavy atom. The number of amides is 1. The predicted molar refractivity (Wildman–Crippen MR) is 99.2 cm³/mol. The fourth-order valence-corrected chi connectivity index (χ4v) is 4.84. The van der Waals surface area contributed by atoms with E-state index in [0.717, 1.165) is 36.4 Å². The standard InChI is InChI=1S/C18H20N4O3S/c1-11-16(13-6-8-21(11)9-7-13)20-17(23)18-19-10-15(26-18)12-2-4-14(5-3-12)22(24)25/h2-5,10-11,13,16H,6-9H2,1H3,(H,20,23). The molecule has 1 aromatic carbocycles. The van der Waals surface area contributed by atoms with Gasteiger partial charge in [-0.25, -0.2) is 4.98 Å². The minimum absolute atomic E-state index is 0.0487. The van der Waals surface area contributed by atoms with Gasteiger partial charge in [-0.05, 0) is 56.5 Å². The van der Waals surface area contributed by atoms with E-state index in [1.165, 1.54) is 23.5 Å². The Balaban J connectivity index is 1.47. The van der Waals surface area contributed by atoms with E-state index in [9.17, 15) is 14.9 Å². The molecule has 2 atom stereocenters. The second-order valence-electron chi connectivity index (χ2n) is 6.95. The van der Waals surface area contributed by atoms with Crippen LogP contribution in [0, 0.1) is 16.0 Å². The molecule has 7 nitrogen and oxygen atoms in total. The normalized spacial score (nSPS) is 27.3. The third-order valence-electron chi connectivity index (χ3n) is 5.54.